The summed E-state index contributed by atoms with van der Waals surface area (Å²) in [6, 6.07) is 0. The molecule has 0 aliphatic rings. The summed E-state index contributed by atoms with van der Waals surface area (Å²) in [6.45, 7) is 1.27. The number of tetrazole rings is 1. The maximum atomic E-state index is 10.5. The van der Waals surface area contributed by atoms with Gasteiger partial charge in [-0.2, -0.15) is 0 Å². The van der Waals surface area contributed by atoms with Crippen LogP contribution >= 0.6 is 0 Å². The lowest BCUT2D eigenvalue weighted by Gasteiger charge is -2.15. The van der Waals surface area contributed by atoms with Gasteiger partial charge in [0.1, 0.15) is 0 Å². The molecule has 3 N–H and O–H groups in total. The maximum absolute atomic E-state index is 10.5. The highest BCUT2D eigenvalue weighted by molar-refractivity contribution is 5.74. The Hall–Kier alpha value is -1.50. The van der Waals surface area contributed by atoms with Crippen LogP contribution in [0, 0.1) is 0 Å². The summed E-state index contributed by atoms with van der Waals surface area (Å²) in [4.78, 5) is 11.3. The van der Waals surface area contributed by atoms with Crippen LogP contribution in [0.25, 0.3) is 0 Å². The van der Waals surface area contributed by atoms with Gasteiger partial charge in [0.2, 0.25) is 5.66 Å². The second kappa shape index (κ2) is 2.27. The van der Waals surface area contributed by atoms with E-state index < -0.39 is 11.6 Å². The number of rotatable bonds is 2. The average Bonchev–Trinajstić information content (AvgIpc) is 2.37. The SMILES string of the molecule is C[C@](N)(C(=O)O)n1ncnn1. The van der Waals surface area contributed by atoms with Crippen LogP contribution < -0.4 is 5.73 Å². The fraction of sp³-hybridized carbons (Fsp3) is 0.500. The Balaban J connectivity index is 3.00. The summed E-state index contributed by atoms with van der Waals surface area (Å²) in [5.41, 5.74) is 3.70. The Kier molecular flexibility index (Phi) is 1.57. The first kappa shape index (κ1) is 7.61. The minimum absolute atomic E-state index is 0.829. The zero-order valence-corrected chi connectivity index (χ0v) is 5.80. The van der Waals surface area contributed by atoms with E-state index in [9.17, 15) is 4.79 Å². The molecule has 0 fully saturated rings. The molecule has 11 heavy (non-hydrogen) atoms. The van der Waals surface area contributed by atoms with Crippen LogP contribution in [0.1, 0.15) is 6.92 Å². The molecule has 0 radical (unpaired) electrons. The van der Waals surface area contributed by atoms with Crippen LogP contribution in [0.3, 0.4) is 0 Å². The quantitative estimate of drug-likeness (QED) is 0.534. The monoisotopic (exact) mass is 157 g/mol. The molecule has 0 aliphatic carbocycles. The van der Waals surface area contributed by atoms with E-state index in [4.69, 9.17) is 10.8 Å². The standard InChI is InChI=1S/C4H7N5O2/c1-4(5,3(10)11)9-7-2-6-8-9/h2H,5H2,1H3,(H,10,11)/t4-/m1/s1. The molecule has 7 nitrogen and oxygen atoms in total. The number of carboxylic acid groups (broad SMARTS) is 1. The first-order chi connectivity index (χ1) is 5.05. The molecule has 0 amide bonds. The van der Waals surface area contributed by atoms with Crippen molar-refractivity contribution in [3.63, 3.8) is 0 Å². The lowest BCUT2D eigenvalue weighted by molar-refractivity contribution is -0.147. The van der Waals surface area contributed by atoms with Crippen molar-refractivity contribution in [2.24, 2.45) is 5.73 Å². The fourth-order valence-corrected chi connectivity index (χ4v) is 0.465. The van der Waals surface area contributed by atoms with E-state index in [2.05, 4.69) is 15.4 Å². The number of hydrogen-bond acceptors (Lipinski definition) is 5. The van der Waals surface area contributed by atoms with Crippen LogP contribution in [0.15, 0.2) is 6.33 Å². The highest BCUT2D eigenvalue weighted by Crippen LogP contribution is 2.02. The van der Waals surface area contributed by atoms with Gasteiger partial charge < -0.3 is 5.11 Å². The van der Waals surface area contributed by atoms with Crippen LogP contribution in [-0.2, 0) is 10.5 Å². The predicted molar refractivity (Wildman–Crippen MR) is 33.3 cm³/mol. The molecule has 1 aromatic rings. The molecule has 1 rings (SSSR count). The van der Waals surface area contributed by atoms with E-state index in [-0.39, 0.29) is 0 Å². The summed E-state index contributed by atoms with van der Waals surface area (Å²) in [6.07, 6.45) is 1.12. The molecule has 1 heterocycles. The number of nitrogens with zero attached hydrogens (tertiary/aromatic N) is 4. The molecule has 0 saturated heterocycles. The molecule has 1 aromatic heterocycles. The largest absolute Gasteiger partial charge is 0.478 e. The van der Waals surface area contributed by atoms with E-state index in [1.54, 1.807) is 0 Å². The number of nitrogens with two attached hydrogens (primary N) is 1. The first-order valence-corrected chi connectivity index (χ1v) is 2.81. The Morgan fingerprint density at radius 1 is 1.82 bits per heavy atom. The first-order valence-electron chi connectivity index (χ1n) is 2.81. The Labute approximate surface area is 61.8 Å². The molecule has 0 unspecified atom stereocenters. The van der Waals surface area contributed by atoms with Crippen molar-refractivity contribution in [1.29, 1.82) is 0 Å². The average molecular weight is 157 g/mol. The topological polar surface area (TPSA) is 107 Å². The van der Waals surface area contributed by atoms with Gasteiger partial charge in [-0.3, -0.25) is 5.73 Å². The highest BCUT2D eigenvalue weighted by Gasteiger charge is 2.32. The van der Waals surface area contributed by atoms with Crippen LogP contribution in [0.5, 0.6) is 0 Å². The molecule has 1 atom stereocenters. The van der Waals surface area contributed by atoms with Crippen molar-refractivity contribution in [3.8, 4) is 0 Å². The summed E-state index contributed by atoms with van der Waals surface area (Å²) in [7, 11) is 0. The van der Waals surface area contributed by atoms with Crippen molar-refractivity contribution in [2.45, 2.75) is 12.6 Å². The third kappa shape index (κ3) is 1.17. The van der Waals surface area contributed by atoms with Crippen LogP contribution in [0.2, 0.25) is 0 Å². The number of aromatic nitrogens is 4. The van der Waals surface area contributed by atoms with Crippen molar-refractivity contribution in [2.75, 3.05) is 0 Å². The lowest BCUT2D eigenvalue weighted by atomic mass is 10.2. The normalized spacial score (nSPS) is 15.8. The minimum Gasteiger partial charge on any atom is -0.478 e. The summed E-state index contributed by atoms with van der Waals surface area (Å²) < 4.78 is 0. The molecule has 0 spiro atoms. The van der Waals surface area contributed by atoms with Gasteiger partial charge in [0.25, 0.3) is 0 Å². The van der Waals surface area contributed by atoms with Crippen LogP contribution in [0.4, 0.5) is 0 Å². The van der Waals surface area contributed by atoms with Crippen LogP contribution in [-0.4, -0.2) is 31.3 Å². The smallest absolute Gasteiger partial charge is 0.348 e. The number of carbonyl (C=O) groups is 1. The molecular weight excluding hydrogens is 150 g/mol. The van der Waals surface area contributed by atoms with E-state index in [0.29, 0.717) is 0 Å². The molecule has 60 valence electrons. The molecule has 0 saturated carbocycles. The van der Waals surface area contributed by atoms with Gasteiger partial charge in [0.15, 0.2) is 6.33 Å². The van der Waals surface area contributed by atoms with E-state index in [1.807, 2.05) is 0 Å². The Morgan fingerprint density at radius 2 is 2.45 bits per heavy atom. The Morgan fingerprint density at radius 3 is 2.82 bits per heavy atom. The number of aliphatic carboxylic acids is 1. The van der Waals surface area contributed by atoms with Crippen molar-refractivity contribution < 1.29 is 9.90 Å². The van der Waals surface area contributed by atoms with Gasteiger partial charge >= 0.3 is 5.97 Å². The van der Waals surface area contributed by atoms with E-state index >= 15 is 0 Å². The molecule has 0 aliphatic heterocycles. The number of carboxylic acids is 1. The third-order valence-corrected chi connectivity index (χ3v) is 1.20. The van der Waals surface area contributed by atoms with E-state index in [0.717, 1.165) is 11.1 Å². The highest BCUT2D eigenvalue weighted by atomic mass is 16.4. The number of hydrogen-bond donors (Lipinski definition) is 2. The molecular formula is C4H7N5O2. The summed E-state index contributed by atoms with van der Waals surface area (Å²) in [5.74, 6) is -1.21. The van der Waals surface area contributed by atoms with Gasteiger partial charge in [-0.15, -0.1) is 15.0 Å². The third-order valence-electron chi connectivity index (χ3n) is 1.20. The molecule has 0 aromatic carbocycles. The van der Waals surface area contributed by atoms with Crippen molar-refractivity contribution in [3.05, 3.63) is 6.33 Å². The van der Waals surface area contributed by atoms with Gasteiger partial charge in [-0.05, 0) is 12.1 Å². The second-order valence-corrected chi connectivity index (χ2v) is 2.18. The lowest BCUT2D eigenvalue weighted by Crippen LogP contribution is -2.48. The van der Waals surface area contributed by atoms with Gasteiger partial charge in [0.05, 0.1) is 0 Å². The zero-order chi connectivity index (χ0) is 8.48. The Bertz CT molecular complexity index is 253. The summed E-state index contributed by atoms with van der Waals surface area (Å²) in [5, 5.41) is 18.7. The fourth-order valence-electron chi connectivity index (χ4n) is 0.465. The second-order valence-electron chi connectivity index (χ2n) is 2.18. The summed E-state index contributed by atoms with van der Waals surface area (Å²) >= 11 is 0. The minimum atomic E-state index is -1.63. The van der Waals surface area contributed by atoms with Crippen molar-refractivity contribution >= 4 is 5.97 Å². The van der Waals surface area contributed by atoms with E-state index in [1.165, 1.54) is 6.92 Å². The molecule has 7 heteroatoms. The maximum Gasteiger partial charge on any atom is 0.348 e. The zero-order valence-electron chi connectivity index (χ0n) is 5.80. The molecule has 0 bridgehead atoms. The van der Waals surface area contributed by atoms with Gasteiger partial charge in [-0.1, -0.05) is 0 Å². The van der Waals surface area contributed by atoms with Gasteiger partial charge in [0, 0.05) is 0 Å². The predicted octanol–water partition coefficient (Wildman–Crippen LogP) is -1.61. The van der Waals surface area contributed by atoms with Gasteiger partial charge in [-0.25, -0.2) is 4.79 Å². The van der Waals surface area contributed by atoms with Crippen molar-refractivity contribution in [1.82, 2.24) is 20.2 Å².